The van der Waals surface area contributed by atoms with E-state index in [1.54, 1.807) is 54.1 Å². The molecule has 0 aliphatic carbocycles. The fourth-order valence-electron chi connectivity index (χ4n) is 2.52. The number of ether oxygens (including phenoxy) is 2. The van der Waals surface area contributed by atoms with E-state index >= 15 is 0 Å². The highest BCUT2D eigenvalue weighted by Crippen LogP contribution is 2.29. The highest BCUT2D eigenvalue weighted by molar-refractivity contribution is 7.99. The van der Waals surface area contributed by atoms with E-state index in [1.165, 1.54) is 18.9 Å². The van der Waals surface area contributed by atoms with Gasteiger partial charge in [0.25, 0.3) is 0 Å². The van der Waals surface area contributed by atoms with E-state index in [-0.39, 0.29) is 17.4 Å². The van der Waals surface area contributed by atoms with Gasteiger partial charge in [-0.15, -0.1) is 10.2 Å². The SMILES string of the molecule is COc1ccc(NC(=O)CSc2nnc(-c3ccc(O)cc3)n2C)c(OC)c1. The number of methoxy groups -OCH3 is 2. The minimum absolute atomic E-state index is 0.163. The molecule has 0 aliphatic heterocycles. The Balaban J connectivity index is 1.65. The van der Waals surface area contributed by atoms with E-state index in [0.717, 1.165) is 5.56 Å². The van der Waals surface area contributed by atoms with E-state index in [9.17, 15) is 9.90 Å². The first-order valence-electron chi connectivity index (χ1n) is 8.35. The Morgan fingerprint density at radius 1 is 1.14 bits per heavy atom. The van der Waals surface area contributed by atoms with Crippen LogP contribution >= 0.6 is 11.8 Å². The van der Waals surface area contributed by atoms with Crippen LogP contribution in [0.3, 0.4) is 0 Å². The van der Waals surface area contributed by atoms with Crippen molar-refractivity contribution in [1.82, 2.24) is 14.8 Å². The number of nitrogens with zero attached hydrogens (tertiary/aromatic N) is 3. The van der Waals surface area contributed by atoms with Crippen LogP contribution < -0.4 is 14.8 Å². The van der Waals surface area contributed by atoms with Gasteiger partial charge < -0.3 is 24.5 Å². The average molecular weight is 400 g/mol. The number of aromatic hydroxyl groups is 1. The maximum Gasteiger partial charge on any atom is 0.234 e. The summed E-state index contributed by atoms with van der Waals surface area (Å²) in [5, 5.41) is 21.1. The number of carbonyl (C=O) groups excluding carboxylic acids is 1. The predicted octanol–water partition coefficient (Wildman–Crippen LogP) is 2.94. The summed E-state index contributed by atoms with van der Waals surface area (Å²) in [4.78, 5) is 12.3. The molecule has 0 aliphatic rings. The third kappa shape index (κ3) is 4.37. The summed E-state index contributed by atoms with van der Waals surface area (Å²) in [5.74, 6) is 1.97. The van der Waals surface area contributed by atoms with Gasteiger partial charge in [0.1, 0.15) is 17.2 Å². The maximum absolute atomic E-state index is 12.3. The minimum Gasteiger partial charge on any atom is -0.508 e. The predicted molar refractivity (Wildman–Crippen MR) is 107 cm³/mol. The summed E-state index contributed by atoms with van der Waals surface area (Å²) < 4.78 is 12.2. The van der Waals surface area contributed by atoms with E-state index < -0.39 is 0 Å². The van der Waals surface area contributed by atoms with Crippen LogP contribution in [0.1, 0.15) is 0 Å². The molecule has 28 heavy (non-hydrogen) atoms. The van der Waals surface area contributed by atoms with Crippen LogP contribution in [0.2, 0.25) is 0 Å². The van der Waals surface area contributed by atoms with Crippen LogP contribution in [-0.2, 0) is 11.8 Å². The number of phenolic OH excluding ortho intramolecular Hbond substituents is 1. The zero-order valence-corrected chi connectivity index (χ0v) is 16.5. The van der Waals surface area contributed by atoms with Gasteiger partial charge in [0.15, 0.2) is 11.0 Å². The van der Waals surface area contributed by atoms with Gasteiger partial charge in [0.05, 0.1) is 25.7 Å². The first kappa shape index (κ1) is 19.6. The minimum atomic E-state index is -0.192. The van der Waals surface area contributed by atoms with Crippen molar-refractivity contribution >= 4 is 23.4 Å². The van der Waals surface area contributed by atoms with Gasteiger partial charge in [0.2, 0.25) is 5.91 Å². The van der Waals surface area contributed by atoms with Crippen molar-refractivity contribution in [3.8, 4) is 28.6 Å². The Bertz CT molecular complexity index is 973. The number of anilines is 1. The number of nitrogens with one attached hydrogen (secondary N) is 1. The highest BCUT2D eigenvalue weighted by Gasteiger charge is 2.14. The number of hydrogen-bond donors (Lipinski definition) is 2. The lowest BCUT2D eigenvalue weighted by molar-refractivity contribution is -0.113. The van der Waals surface area contributed by atoms with Gasteiger partial charge in [-0.25, -0.2) is 0 Å². The Labute approximate surface area is 166 Å². The lowest BCUT2D eigenvalue weighted by atomic mass is 10.2. The summed E-state index contributed by atoms with van der Waals surface area (Å²) in [7, 11) is 4.93. The van der Waals surface area contributed by atoms with Gasteiger partial charge >= 0.3 is 0 Å². The van der Waals surface area contributed by atoms with Crippen LogP contribution in [0.5, 0.6) is 17.2 Å². The molecule has 0 spiro atoms. The van der Waals surface area contributed by atoms with Gasteiger partial charge in [-0.2, -0.15) is 0 Å². The van der Waals surface area contributed by atoms with Gasteiger partial charge in [-0.1, -0.05) is 11.8 Å². The summed E-state index contributed by atoms with van der Waals surface area (Å²) >= 11 is 1.28. The average Bonchev–Trinajstić information content (AvgIpc) is 3.07. The molecule has 3 rings (SSSR count). The largest absolute Gasteiger partial charge is 0.508 e. The van der Waals surface area contributed by atoms with E-state index in [4.69, 9.17) is 9.47 Å². The number of hydrogen-bond acceptors (Lipinski definition) is 7. The third-order valence-electron chi connectivity index (χ3n) is 3.98. The zero-order chi connectivity index (χ0) is 20.1. The molecule has 0 radical (unpaired) electrons. The first-order chi connectivity index (χ1) is 13.5. The van der Waals surface area contributed by atoms with Crippen LogP contribution in [0.4, 0.5) is 5.69 Å². The van der Waals surface area contributed by atoms with Crippen LogP contribution in [0.25, 0.3) is 11.4 Å². The van der Waals surface area contributed by atoms with Crippen molar-refractivity contribution in [2.45, 2.75) is 5.16 Å². The summed E-state index contributed by atoms with van der Waals surface area (Å²) in [6.07, 6.45) is 0. The van der Waals surface area contributed by atoms with Crippen molar-refractivity contribution in [3.05, 3.63) is 42.5 Å². The van der Waals surface area contributed by atoms with Crippen LogP contribution in [0, 0.1) is 0 Å². The molecule has 3 aromatic rings. The lowest BCUT2D eigenvalue weighted by Crippen LogP contribution is -2.15. The standard InChI is InChI=1S/C19H20N4O4S/c1-23-18(12-4-6-13(24)7-5-12)21-22-19(23)28-11-17(25)20-15-9-8-14(26-2)10-16(15)27-3/h4-10,24H,11H2,1-3H3,(H,20,25). The number of amides is 1. The van der Waals surface area contributed by atoms with E-state index in [0.29, 0.717) is 28.2 Å². The molecule has 0 unspecified atom stereocenters. The fraction of sp³-hybridized carbons (Fsp3) is 0.211. The lowest BCUT2D eigenvalue weighted by Gasteiger charge is -2.11. The summed E-state index contributed by atoms with van der Waals surface area (Å²) in [6.45, 7) is 0. The van der Waals surface area contributed by atoms with Crippen molar-refractivity contribution in [3.63, 3.8) is 0 Å². The van der Waals surface area contributed by atoms with Crippen LogP contribution in [0.15, 0.2) is 47.6 Å². The molecule has 1 amide bonds. The molecule has 1 heterocycles. The second-order valence-corrected chi connectivity index (χ2v) is 6.76. The highest BCUT2D eigenvalue weighted by atomic mass is 32.2. The number of rotatable bonds is 7. The van der Waals surface area contributed by atoms with Crippen molar-refractivity contribution in [2.24, 2.45) is 7.05 Å². The Morgan fingerprint density at radius 3 is 2.57 bits per heavy atom. The smallest absolute Gasteiger partial charge is 0.234 e. The molecule has 2 N–H and O–H groups in total. The van der Waals surface area contributed by atoms with Crippen molar-refractivity contribution < 1.29 is 19.4 Å². The van der Waals surface area contributed by atoms with E-state index in [1.807, 2.05) is 7.05 Å². The number of thioether (sulfide) groups is 1. The molecular weight excluding hydrogens is 380 g/mol. The number of carbonyl (C=O) groups is 1. The topological polar surface area (TPSA) is 98.5 Å². The van der Waals surface area contributed by atoms with Gasteiger partial charge in [-0.3, -0.25) is 4.79 Å². The Hall–Kier alpha value is -3.20. The second-order valence-electron chi connectivity index (χ2n) is 5.82. The second kappa shape index (κ2) is 8.66. The zero-order valence-electron chi connectivity index (χ0n) is 15.7. The number of phenols is 1. The Kier molecular flexibility index (Phi) is 6.05. The molecule has 0 saturated heterocycles. The molecule has 0 atom stereocenters. The summed E-state index contributed by atoms with van der Waals surface area (Å²) in [6, 6.07) is 11.9. The molecule has 9 heteroatoms. The molecular formula is C19H20N4O4S. The molecule has 146 valence electrons. The molecule has 8 nitrogen and oxygen atoms in total. The first-order valence-corrected chi connectivity index (χ1v) is 9.34. The van der Waals surface area contributed by atoms with E-state index in [2.05, 4.69) is 15.5 Å². The molecule has 1 aromatic heterocycles. The monoisotopic (exact) mass is 400 g/mol. The number of benzene rings is 2. The molecule has 0 saturated carbocycles. The van der Waals surface area contributed by atoms with Crippen molar-refractivity contribution in [2.75, 3.05) is 25.3 Å². The van der Waals surface area contributed by atoms with Crippen LogP contribution in [-0.4, -0.2) is 45.8 Å². The van der Waals surface area contributed by atoms with Gasteiger partial charge in [-0.05, 0) is 36.4 Å². The summed E-state index contributed by atoms with van der Waals surface area (Å²) in [5.41, 5.74) is 1.39. The quantitative estimate of drug-likeness (QED) is 0.588. The molecule has 0 fully saturated rings. The molecule has 2 aromatic carbocycles. The molecule has 0 bridgehead atoms. The third-order valence-corrected chi connectivity index (χ3v) is 5.00. The van der Waals surface area contributed by atoms with Gasteiger partial charge in [0, 0.05) is 18.7 Å². The van der Waals surface area contributed by atoms with Crippen molar-refractivity contribution in [1.29, 1.82) is 0 Å². The fourth-order valence-corrected chi connectivity index (χ4v) is 3.23. The Morgan fingerprint density at radius 2 is 1.89 bits per heavy atom. The maximum atomic E-state index is 12.3. The number of aromatic nitrogens is 3. The normalized spacial score (nSPS) is 10.5.